The summed E-state index contributed by atoms with van der Waals surface area (Å²) in [6.07, 6.45) is -1.02. The Morgan fingerprint density at radius 1 is 1.67 bits per heavy atom. The second-order valence-electron chi connectivity index (χ2n) is 3.10. The Morgan fingerprint density at radius 3 is 2.00 bits per heavy atom. The molecular formula is C6H10FNO. The van der Waals surface area contributed by atoms with Gasteiger partial charge in [-0.1, -0.05) is 13.8 Å². The summed E-state index contributed by atoms with van der Waals surface area (Å²) in [4.78, 5) is 10.4. The van der Waals surface area contributed by atoms with E-state index >= 15 is 0 Å². The van der Waals surface area contributed by atoms with Gasteiger partial charge in [-0.2, -0.15) is 0 Å². The summed E-state index contributed by atoms with van der Waals surface area (Å²) in [5.74, 6) is -1.06. The Morgan fingerprint density at radius 2 is 2.00 bits per heavy atom. The number of nitrogens with two attached hydrogens (primary N) is 1. The van der Waals surface area contributed by atoms with Gasteiger partial charge in [-0.15, -0.1) is 0 Å². The molecule has 3 heteroatoms. The highest BCUT2D eigenvalue weighted by Crippen LogP contribution is 2.53. The Labute approximate surface area is 53.2 Å². The molecule has 0 heterocycles. The van der Waals surface area contributed by atoms with E-state index in [0.717, 1.165) is 0 Å². The summed E-state index contributed by atoms with van der Waals surface area (Å²) in [6, 6.07) is 0. The maximum Gasteiger partial charge on any atom is 0.224 e. The summed E-state index contributed by atoms with van der Waals surface area (Å²) in [6.45, 7) is 3.40. The molecule has 2 unspecified atom stereocenters. The second-order valence-corrected chi connectivity index (χ2v) is 3.10. The summed E-state index contributed by atoms with van der Waals surface area (Å²) >= 11 is 0. The molecule has 1 amide bonds. The van der Waals surface area contributed by atoms with Crippen LogP contribution < -0.4 is 5.73 Å². The van der Waals surface area contributed by atoms with Gasteiger partial charge in [-0.3, -0.25) is 4.79 Å². The van der Waals surface area contributed by atoms with Crippen LogP contribution in [0.1, 0.15) is 13.8 Å². The van der Waals surface area contributed by atoms with Crippen molar-refractivity contribution in [3.63, 3.8) is 0 Å². The van der Waals surface area contributed by atoms with Crippen molar-refractivity contribution < 1.29 is 9.18 Å². The molecule has 0 aromatic carbocycles. The predicted octanol–water partition coefficient (Wildman–Crippen LogP) is 0.466. The molecule has 0 spiro atoms. The number of carbonyl (C=O) groups is 1. The Hall–Kier alpha value is -0.600. The molecule has 0 saturated heterocycles. The Kier molecular flexibility index (Phi) is 1.06. The summed E-state index contributed by atoms with van der Waals surface area (Å²) < 4.78 is 12.5. The van der Waals surface area contributed by atoms with Crippen LogP contribution in [0.25, 0.3) is 0 Å². The molecule has 52 valence electrons. The highest BCUT2D eigenvalue weighted by atomic mass is 19.1. The van der Waals surface area contributed by atoms with Crippen LogP contribution in [0.4, 0.5) is 4.39 Å². The fraction of sp³-hybridized carbons (Fsp3) is 0.833. The van der Waals surface area contributed by atoms with Gasteiger partial charge < -0.3 is 5.73 Å². The number of hydrogen-bond acceptors (Lipinski definition) is 1. The lowest BCUT2D eigenvalue weighted by Gasteiger charge is -1.93. The molecule has 1 fully saturated rings. The Bertz CT molecular complexity index is 155. The molecule has 9 heavy (non-hydrogen) atoms. The number of primary amides is 1. The molecule has 0 bridgehead atoms. The van der Waals surface area contributed by atoms with E-state index < -0.39 is 23.4 Å². The summed E-state index contributed by atoms with van der Waals surface area (Å²) in [5, 5.41) is 0. The highest BCUT2D eigenvalue weighted by Gasteiger charge is 2.62. The quantitative estimate of drug-likeness (QED) is 0.552. The summed E-state index contributed by atoms with van der Waals surface area (Å²) in [5.41, 5.74) is 4.39. The first-order valence-corrected chi connectivity index (χ1v) is 2.91. The average molecular weight is 131 g/mol. The number of hydrogen-bond donors (Lipinski definition) is 1. The standard InChI is InChI=1S/C6H10FNO/c1-6(2)3(4(6)7)5(8)9/h3-4H,1-2H3,(H2,8,9). The molecule has 0 aromatic rings. The van der Waals surface area contributed by atoms with Crippen molar-refractivity contribution >= 4 is 5.91 Å². The van der Waals surface area contributed by atoms with Gasteiger partial charge >= 0.3 is 0 Å². The zero-order valence-corrected chi connectivity index (χ0v) is 5.52. The van der Waals surface area contributed by atoms with Crippen molar-refractivity contribution in [3.8, 4) is 0 Å². The van der Waals surface area contributed by atoms with Crippen molar-refractivity contribution in [2.24, 2.45) is 17.1 Å². The Balaban J connectivity index is 2.62. The highest BCUT2D eigenvalue weighted by molar-refractivity contribution is 5.81. The van der Waals surface area contributed by atoms with E-state index in [1.165, 1.54) is 0 Å². The predicted molar refractivity (Wildman–Crippen MR) is 31.4 cm³/mol. The lowest BCUT2D eigenvalue weighted by atomic mass is 10.1. The van der Waals surface area contributed by atoms with Crippen LogP contribution in [0.2, 0.25) is 0 Å². The number of alkyl halides is 1. The first-order chi connectivity index (χ1) is 3.98. The van der Waals surface area contributed by atoms with Crippen LogP contribution in [-0.2, 0) is 4.79 Å². The van der Waals surface area contributed by atoms with E-state index in [4.69, 9.17) is 5.73 Å². The summed E-state index contributed by atoms with van der Waals surface area (Å²) in [7, 11) is 0. The third-order valence-electron chi connectivity index (χ3n) is 2.00. The molecule has 2 nitrogen and oxygen atoms in total. The molecule has 1 aliphatic rings. The molecule has 0 aliphatic heterocycles. The first kappa shape index (κ1) is 6.52. The van der Waals surface area contributed by atoms with E-state index in [2.05, 4.69) is 0 Å². The third kappa shape index (κ3) is 0.713. The SMILES string of the molecule is CC1(C)C(F)C1C(N)=O. The molecule has 2 N–H and O–H groups in total. The molecule has 2 atom stereocenters. The molecule has 1 aliphatic carbocycles. The van der Waals surface area contributed by atoms with Gasteiger partial charge in [-0.05, 0) is 0 Å². The minimum absolute atomic E-state index is 0.494. The molecule has 1 saturated carbocycles. The molecular weight excluding hydrogens is 121 g/mol. The number of rotatable bonds is 1. The second kappa shape index (κ2) is 1.46. The third-order valence-corrected chi connectivity index (χ3v) is 2.00. The maximum atomic E-state index is 12.5. The van der Waals surface area contributed by atoms with Crippen molar-refractivity contribution in [2.45, 2.75) is 20.0 Å². The van der Waals surface area contributed by atoms with Gasteiger partial charge in [0.2, 0.25) is 5.91 Å². The normalized spacial score (nSPS) is 38.1. The van der Waals surface area contributed by atoms with Crippen molar-refractivity contribution in [2.75, 3.05) is 0 Å². The smallest absolute Gasteiger partial charge is 0.224 e. The van der Waals surface area contributed by atoms with Gasteiger partial charge in [0.05, 0.1) is 5.92 Å². The zero-order valence-electron chi connectivity index (χ0n) is 5.52. The van der Waals surface area contributed by atoms with E-state index in [1.807, 2.05) is 0 Å². The molecule has 0 aromatic heterocycles. The monoisotopic (exact) mass is 131 g/mol. The van der Waals surface area contributed by atoms with E-state index in [1.54, 1.807) is 13.8 Å². The largest absolute Gasteiger partial charge is 0.369 e. The van der Waals surface area contributed by atoms with E-state index in [0.29, 0.717) is 0 Å². The minimum atomic E-state index is -1.02. The molecule has 1 rings (SSSR count). The van der Waals surface area contributed by atoms with Gasteiger partial charge in [0.1, 0.15) is 6.17 Å². The lowest BCUT2D eigenvalue weighted by Crippen LogP contribution is -2.16. The van der Waals surface area contributed by atoms with Gasteiger partial charge in [0.15, 0.2) is 0 Å². The number of amides is 1. The van der Waals surface area contributed by atoms with E-state index in [9.17, 15) is 9.18 Å². The lowest BCUT2D eigenvalue weighted by molar-refractivity contribution is -0.120. The number of halogens is 1. The van der Waals surface area contributed by atoms with Crippen LogP contribution >= 0.6 is 0 Å². The van der Waals surface area contributed by atoms with Crippen LogP contribution in [0.15, 0.2) is 0 Å². The number of carbonyl (C=O) groups excluding carboxylic acids is 1. The molecule has 0 radical (unpaired) electrons. The van der Waals surface area contributed by atoms with Crippen molar-refractivity contribution in [1.82, 2.24) is 0 Å². The van der Waals surface area contributed by atoms with Crippen molar-refractivity contribution in [3.05, 3.63) is 0 Å². The van der Waals surface area contributed by atoms with Crippen molar-refractivity contribution in [1.29, 1.82) is 0 Å². The zero-order chi connectivity index (χ0) is 7.23. The average Bonchev–Trinajstić information content (AvgIpc) is 2.07. The van der Waals surface area contributed by atoms with Gasteiger partial charge in [0.25, 0.3) is 0 Å². The fourth-order valence-corrected chi connectivity index (χ4v) is 1.09. The minimum Gasteiger partial charge on any atom is -0.369 e. The fourth-order valence-electron chi connectivity index (χ4n) is 1.09. The van der Waals surface area contributed by atoms with Gasteiger partial charge in [0, 0.05) is 5.41 Å². The van der Waals surface area contributed by atoms with Crippen LogP contribution in [-0.4, -0.2) is 12.1 Å². The van der Waals surface area contributed by atoms with E-state index in [-0.39, 0.29) is 0 Å². The van der Waals surface area contributed by atoms with Crippen LogP contribution in [0, 0.1) is 11.3 Å². The first-order valence-electron chi connectivity index (χ1n) is 2.91. The van der Waals surface area contributed by atoms with Crippen LogP contribution in [0.3, 0.4) is 0 Å². The topological polar surface area (TPSA) is 43.1 Å². The maximum absolute atomic E-state index is 12.5. The van der Waals surface area contributed by atoms with Crippen LogP contribution in [0.5, 0.6) is 0 Å². The van der Waals surface area contributed by atoms with Gasteiger partial charge in [-0.25, -0.2) is 4.39 Å².